The van der Waals surface area contributed by atoms with Crippen LogP contribution in [0.25, 0.3) is 0 Å². The summed E-state index contributed by atoms with van der Waals surface area (Å²) >= 11 is 0. The van der Waals surface area contributed by atoms with Crippen LogP contribution < -0.4 is 5.73 Å². The van der Waals surface area contributed by atoms with E-state index in [0.717, 1.165) is 12.8 Å². The van der Waals surface area contributed by atoms with Crippen LogP contribution in [0, 0.1) is 0 Å². The van der Waals surface area contributed by atoms with Crippen LogP contribution in [-0.2, 0) is 4.79 Å². The van der Waals surface area contributed by atoms with Crippen LogP contribution in [0.1, 0.15) is 157 Å². The molecule has 0 aromatic heterocycles. The summed E-state index contributed by atoms with van der Waals surface area (Å²) in [7, 11) is 0. The first kappa shape index (κ1) is 34.8. The molecule has 0 aliphatic heterocycles. The number of unbranched alkanes of at least 4 members (excludes halogenated alkanes) is 16. The van der Waals surface area contributed by atoms with E-state index in [9.17, 15) is 4.79 Å². The predicted octanol–water partition coefficient (Wildman–Crippen LogP) is 8.87. The lowest BCUT2D eigenvalue weighted by Crippen LogP contribution is -2.09. The fraction of sp³-hybridized carbons (Fsp3) is 0.893. The second kappa shape index (κ2) is 33.8. The van der Waals surface area contributed by atoms with E-state index in [4.69, 9.17) is 10.8 Å². The third-order valence-electron chi connectivity index (χ3n) is 5.17. The third kappa shape index (κ3) is 43.8. The van der Waals surface area contributed by atoms with Gasteiger partial charge in [0.1, 0.15) is 0 Å². The first-order valence-corrected chi connectivity index (χ1v) is 13.7. The molecule has 1 amide bonds. The maximum Gasteiger partial charge on any atom is 0.217 e. The summed E-state index contributed by atoms with van der Waals surface area (Å²) in [5, 5.41) is 8.76. The van der Waals surface area contributed by atoms with E-state index < -0.39 is 0 Å². The molecule has 3 N–H and O–H groups in total. The Hall–Kier alpha value is -0.830. The average Bonchev–Trinajstić information content (AvgIpc) is 2.75. The van der Waals surface area contributed by atoms with Crippen molar-refractivity contribution in [2.75, 3.05) is 0 Å². The van der Waals surface area contributed by atoms with Gasteiger partial charge in [0.25, 0.3) is 0 Å². The van der Waals surface area contributed by atoms with Gasteiger partial charge in [-0.15, -0.1) is 0 Å². The van der Waals surface area contributed by atoms with Crippen molar-refractivity contribution in [2.24, 2.45) is 5.73 Å². The Labute approximate surface area is 196 Å². The molecule has 0 aromatic carbocycles. The maximum absolute atomic E-state index is 10.6. The smallest absolute Gasteiger partial charge is 0.217 e. The van der Waals surface area contributed by atoms with Gasteiger partial charge in [-0.05, 0) is 19.8 Å². The van der Waals surface area contributed by atoms with Crippen LogP contribution in [0.15, 0.2) is 12.2 Å². The molecular weight excluding hydrogens is 382 g/mol. The molecule has 188 valence electrons. The number of aliphatic hydroxyl groups excluding tert-OH is 1. The summed E-state index contributed by atoms with van der Waals surface area (Å²) in [6, 6.07) is 0. The Morgan fingerprint density at radius 1 is 0.710 bits per heavy atom. The average molecular weight is 442 g/mol. The van der Waals surface area contributed by atoms with Crippen molar-refractivity contribution in [3.05, 3.63) is 12.2 Å². The van der Waals surface area contributed by atoms with Crippen molar-refractivity contribution in [3.8, 4) is 0 Å². The molecule has 31 heavy (non-hydrogen) atoms. The van der Waals surface area contributed by atoms with Crippen molar-refractivity contribution in [1.29, 1.82) is 0 Å². The highest BCUT2D eigenvalue weighted by Crippen LogP contribution is 2.13. The van der Waals surface area contributed by atoms with E-state index in [0.29, 0.717) is 6.42 Å². The lowest BCUT2D eigenvalue weighted by molar-refractivity contribution is -0.118. The molecule has 0 aliphatic carbocycles. The topological polar surface area (TPSA) is 63.3 Å². The van der Waals surface area contributed by atoms with Gasteiger partial charge in [-0.2, -0.15) is 0 Å². The number of hydrogen-bond acceptors (Lipinski definition) is 2. The molecule has 1 atom stereocenters. The second-order valence-corrected chi connectivity index (χ2v) is 8.48. The minimum absolute atomic E-state index is 0.153. The molecule has 3 heteroatoms. The molecular formula is C28H59NO2. The quantitative estimate of drug-likeness (QED) is 0.146. The maximum atomic E-state index is 10.6. The van der Waals surface area contributed by atoms with Crippen molar-refractivity contribution in [1.82, 2.24) is 0 Å². The van der Waals surface area contributed by atoms with Crippen LogP contribution in [0.2, 0.25) is 0 Å². The lowest BCUT2D eigenvalue weighted by atomic mass is 10.0. The van der Waals surface area contributed by atoms with Gasteiger partial charge < -0.3 is 10.8 Å². The van der Waals surface area contributed by atoms with Crippen molar-refractivity contribution in [2.45, 2.75) is 163 Å². The van der Waals surface area contributed by atoms with Gasteiger partial charge in [0.2, 0.25) is 5.91 Å². The Bertz CT molecular complexity index is 340. The molecule has 3 nitrogen and oxygen atoms in total. The number of nitrogens with two attached hydrogens (primary N) is 1. The van der Waals surface area contributed by atoms with Gasteiger partial charge >= 0.3 is 0 Å². The summed E-state index contributed by atoms with van der Waals surface area (Å²) < 4.78 is 0. The summed E-state index contributed by atoms with van der Waals surface area (Å²) in [5.41, 5.74) is 5.11. The summed E-state index contributed by atoms with van der Waals surface area (Å²) in [5.74, 6) is -0.153. The fourth-order valence-electron chi connectivity index (χ4n) is 3.29. The molecule has 0 spiro atoms. The molecule has 0 heterocycles. The first-order valence-electron chi connectivity index (χ1n) is 13.7. The first-order chi connectivity index (χ1) is 15.0. The molecule has 0 fully saturated rings. The van der Waals surface area contributed by atoms with Crippen LogP contribution in [0.5, 0.6) is 0 Å². The van der Waals surface area contributed by atoms with E-state index in [-0.39, 0.29) is 12.0 Å². The predicted molar refractivity (Wildman–Crippen MR) is 140 cm³/mol. The number of amides is 1. The zero-order chi connectivity index (χ0) is 24.0. The number of hydrogen-bond donors (Lipinski definition) is 2. The molecule has 0 saturated carbocycles. The summed E-state index contributed by atoms with van der Waals surface area (Å²) in [4.78, 5) is 10.6. The van der Waals surface area contributed by atoms with Crippen molar-refractivity contribution in [3.63, 3.8) is 0 Å². The second-order valence-electron chi connectivity index (χ2n) is 8.48. The SMILES string of the molecule is CC.CCCC/C=C/C(C)O.CCCCCCCCCCCCCCCCCC(N)=O. The van der Waals surface area contributed by atoms with E-state index in [2.05, 4.69) is 13.8 Å². The fourth-order valence-corrected chi connectivity index (χ4v) is 3.29. The van der Waals surface area contributed by atoms with Crippen molar-refractivity contribution < 1.29 is 9.90 Å². The molecule has 0 aliphatic rings. The molecule has 1 unspecified atom stereocenters. The number of aliphatic hydroxyl groups is 1. The minimum Gasteiger partial charge on any atom is -0.389 e. The number of rotatable bonds is 20. The standard InChI is InChI=1S/C18H37NO.C8H16O.C2H6/c1-2-3-4-5-6-7-8-9-10-11-12-13-14-15-16-17-18(19)20;1-3-4-5-6-7-8(2)9;1-2/h2-17H2,1H3,(H2,19,20);6-9H,3-5H2,1-2H3;1-2H3/b;7-6+;. The highest BCUT2D eigenvalue weighted by Gasteiger charge is 1.96. The highest BCUT2D eigenvalue weighted by molar-refractivity contribution is 5.73. The summed E-state index contributed by atoms with van der Waals surface area (Å²) in [6.07, 6.45) is 28.0. The van der Waals surface area contributed by atoms with Gasteiger partial charge in [0, 0.05) is 6.42 Å². The number of carbonyl (C=O) groups is 1. The van der Waals surface area contributed by atoms with E-state index in [1.54, 1.807) is 6.92 Å². The summed E-state index contributed by atoms with van der Waals surface area (Å²) in [6.45, 7) is 10.2. The van der Waals surface area contributed by atoms with Crippen molar-refractivity contribution >= 4 is 5.91 Å². The Balaban J connectivity index is -0.000000595. The largest absolute Gasteiger partial charge is 0.389 e. The van der Waals surface area contributed by atoms with E-state index >= 15 is 0 Å². The van der Waals surface area contributed by atoms with Crippen LogP contribution in [0.4, 0.5) is 0 Å². The Morgan fingerprint density at radius 3 is 1.39 bits per heavy atom. The zero-order valence-electron chi connectivity index (χ0n) is 22.1. The van der Waals surface area contributed by atoms with Gasteiger partial charge in [-0.25, -0.2) is 0 Å². The third-order valence-corrected chi connectivity index (χ3v) is 5.17. The molecule has 0 saturated heterocycles. The van der Waals surface area contributed by atoms with Gasteiger partial charge in [-0.3, -0.25) is 4.79 Å². The molecule has 0 radical (unpaired) electrons. The minimum atomic E-state index is -0.276. The van der Waals surface area contributed by atoms with E-state index in [1.165, 1.54) is 103 Å². The van der Waals surface area contributed by atoms with Gasteiger partial charge in [0.15, 0.2) is 0 Å². The zero-order valence-corrected chi connectivity index (χ0v) is 22.1. The van der Waals surface area contributed by atoms with Gasteiger partial charge in [0.05, 0.1) is 6.10 Å². The van der Waals surface area contributed by atoms with Crippen LogP contribution in [0.3, 0.4) is 0 Å². The molecule has 0 bridgehead atoms. The lowest BCUT2D eigenvalue weighted by Gasteiger charge is -2.03. The molecule has 0 aromatic rings. The number of primary amides is 1. The monoisotopic (exact) mass is 441 g/mol. The highest BCUT2D eigenvalue weighted by atomic mass is 16.3. The van der Waals surface area contributed by atoms with E-state index in [1.807, 2.05) is 26.0 Å². The number of allylic oxidation sites excluding steroid dienone is 1. The number of carbonyl (C=O) groups excluding carboxylic acids is 1. The van der Waals surface area contributed by atoms with Gasteiger partial charge in [-0.1, -0.05) is 143 Å². The Morgan fingerprint density at radius 2 is 1.06 bits per heavy atom. The Kier molecular flexibility index (Phi) is 37.9. The van der Waals surface area contributed by atoms with Crippen LogP contribution >= 0.6 is 0 Å². The molecule has 0 rings (SSSR count). The van der Waals surface area contributed by atoms with Crippen LogP contribution in [-0.4, -0.2) is 17.1 Å². The normalized spacial score (nSPS) is 11.4.